The first kappa shape index (κ1) is 63.4. The fourth-order valence-electron chi connectivity index (χ4n) is 10.2. The van der Waals surface area contributed by atoms with E-state index in [1.165, 1.54) is 242 Å². The lowest BCUT2D eigenvalue weighted by Crippen LogP contribution is -3.00. The Kier molecular flexibility index (Phi) is 40.1. The van der Waals surface area contributed by atoms with E-state index >= 15 is 0 Å². The average molecular weight is 1040 g/mol. The van der Waals surface area contributed by atoms with Crippen LogP contribution in [-0.2, 0) is 33.2 Å². The van der Waals surface area contributed by atoms with Gasteiger partial charge in [0.25, 0.3) is 0 Å². The van der Waals surface area contributed by atoms with Crippen molar-refractivity contribution in [2.45, 2.75) is 302 Å². The van der Waals surface area contributed by atoms with Crippen LogP contribution in [0, 0.1) is 0 Å². The van der Waals surface area contributed by atoms with Gasteiger partial charge >= 0.3 is 0 Å². The van der Waals surface area contributed by atoms with Crippen molar-refractivity contribution in [3.8, 4) is 0 Å². The Hall–Kier alpha value is 0.410. The highest BCUT2D eigenvalue weighted by atomic mass is 127. The van der Waals surface area contributed by atoms with Crippen molar-refractivity contribution in [3.63, 3.8) is 0 Å². The Labute approximate surface area is 422 Å². The number of hydrogen-bond donors (Lipinski definition) is 0. The van der Waals surface area contributed by atoms with Gasteiger partial charge in [-0.2, -0.15) is 0 Å². The van der Waals surface area contributed by atoms with E-state index < -0.39 is 17.7 Å². The van der Waals surface area contributed by atoms with E-state index in [0.717, 1.165) is 13.0 Å². The summed E-state index contributed by atoms with van der Waals surface area (Å²) >= 11 is 0. The minimum absolute atomic E-state index is 0. The third-order valence-corrected chi connectivity index (χ3v) is 14.2. The molecule has 0 aromatic heterocycles. The summed E-state index contributed by atoms with van der Waals surface area (Å²) in [6.07, 6.45) is 48.1. The molecule has 2 heterocycles. The Morgan fingerprint density at radius 3 is 1.22 bits per heavy atom. The number of rotatable bonds is 47. The lowest BCUT2D eigenvalue weighted by Gasteiger charge is -2.35. The minimum Gasteiger partial charge on any atom is -1.00 e. The monoisotopic (exact) mass is 1040 g/mol. The zero-order valence-electron chi connectivity index (χ0n) is 44.7. The molecular weight excluding hydrogens is 926 g/mol. The molecule has 0 aromatic carbocycles. The predicted octanol–water partition coefficient (Wildman–Crippen LogP) is 12.8. The predicted molar refractivity (Wildman–Crippen MR) is 270 cm³/mol. The van der Waals surface area contributed by atoms with Gasteiger partial charge in [-0.1, -0.05) is 194 Å². The number of quaternary nitrogens is 1. The lowest BCUT2D eigenvalue weighted by molar-refractivity contribution is -0.910. The second kappa shape index (κ2) is 41.1. The molecular formula is C56H112INO7. The second-order valence-electron chi connectivity index (χ2n) is 21.6. The highest BCUT2D eigenvalue weighted by molar-refractivity contribution is 4.93. The molecule has 0 radical (unpaired) electrons. The van der Waals surface area contributed by atoms with Crippen LogP contribution in [0.2, 0.25) is 0 Å². The molecule has 0 unspecified atom stereocenters. The molecule has 8 nitrogen and oxygen atoms in total. The number of methoxy groups -OCH3 is 1. The first-order valence-corrected chi connectivity index (χ1v) is 28.2. The van der Waals surface area contributed by atoms with Crippen molar-refractivity contribution in [2.24, 2.45) is 0 Å². The molecule has 2 rings (SSSR count). The summed E-state index contributed by atoms with van der Waals surface area (Å²) in [5, 5.41) is 0. The van der Waals surface area contributed by atoms with Gasteiger partial charge in [0.05, 0.1) is 39.9 Å². The van der Waals surface area contributed by atoms with Crippen molar-refractivity contribution in [2.75, 3.05) is 60.4 Å². The summed E-state index contributed by atoms with van der Waals surface area (Å²) in [4.78, 5) is 0. The SMILES string of the molecule is CCCCCCCCCCCCCCCCCC[N+](C)(CCCCCCCCCCCCCCCCCC)CCCCCOC[C@@H]1OC(C)(C)O[C@H]1[C@@H](OCOC)[C@H]1COC(C)(C)O1.[I-]. The van der Waals surface area contributed by atoms with Gasteiger partial charge in [-0.15, -0.1) is 0 Å². The van der Waals surface area contributed by atoms with Crippen molar-refractivity contribution >= 4 is 0 Å². The Morgan fingerprint density at radius 1 is 0.492 bits per heavy atom. The molecule has 0 aliphatic carbocycles. The first-order valence-electron chi connectivity index (χ1n) is 28.2. The van der Waals surface area contributed by atoms with E-state index in [4.69, 9.17) is 33.2 Å². The van der Waals surface area contributed by atoms with Crippen molar-refractivity contribution in [1.82, 2.24) is 0 Å². The van der Waals surface area contributed by atoms with Crippen LogP contribution in [0.4, 0.5) is 0 Å². The molecule has 2 fully saturated rings. The summed E-state index contributed by atoms with van der Waals surface area (Å²) in [6.45, 7) is 18.1. The Balaban J connectivity index is 0.0000211. The van der Waals surface area contributed by atoms with Gasteiger partial charge in [-0.05, 0) is 72.6 Å². The topological polar surface area (TPSA) is 64.6 Å². The third-order valence-electron chi connectivity index (χ3n) is 14.2. The van der Waals surface area contributed by atoms with Gasteiger partial charge in [0.2, 0.25) is 0 Å². The molecule has 2 aliphatic heterocycles. The largest absolute Gasteiger partial charge is 1.00 e. The Bertz CT molecular complexity index is 997. The van der Waals surface area contributed by atoms with E-state index in [9.17, 15) is 0 Å². The molecule has 0 spiro atoms. The fraction of sp³-hybridized carbons (Fsp3) is 1.00. The van der Waals surface area contributed by atoms with Crippen molar-refractivity contribution in [1.29, 1.82) is 0 Å². The zero-order valence-corrected chi connectivity index (χ0v) is 46.8. The van der Waals surface area contributed by atoms with E-state index in [0.29, 0.717) is 13.2 Å². The Morgan fingerprint density at radius 2 is 0.862 bits per heavy atom. The average Bonchev–Trinajstić information content (AvgIpc) is 3.79. The zero-order chi connectivity index (χ0) is 46.5. The highest BCUT2D eigenvalue weighted by Crippen LogP contribution is 2.36. The third kappa shape index (κ3) is 33.6. The van der Waals surface area contributed by atoms with Crippen molar-refractivity contribution < 1.29 is 61.6 Å². The number of ether oxygens (including phenoxy) is 7. The number of hydrogen-bond acceptors (Lipinski definition) is 7. The van der Waals surface area contributed by atoms with Gasteiger partial charge in [0.1, 0.15) is 31.2 Å². The number of halogens is 1. The van der Waals surface area contributed by atoms with Crippen LogP contribution >= 0.6 is 0 Å². The van der Waals surface area contributed by atoms with E-state index in [-0.39, 0.29) is 49.1 Å². The van der Waals surface area contributed by atoms with E-state index in [1.54, 1.807) is 7.11 Å². The maximum atomic E-state index is 6.40. The highest BCUT2D eigenvalue weighted by Gasteiger charge is 2.51. The summed E-state index contributed by atoms with van der Waals surface area (Å²) < 4.78 is 43.8. The molecule has 0 bridgehead atoms. The smallest absolute Gasteiger partial charge is 0.164 e. The van der Waals surface area contributed by atoms with Gasteiger partial charge in [0.15, 0.2) is 11.6 Å². The molecule has 0 amide bonds. The molecule has 390 valence electrons. The molecule has 2 aliphatic rings. The van der Waals surface area contributed by atoms with E-state index in [2.05, 4.69) is 20.9 Å². The van der Waals surface area contributed by atoms with Crippen LogP contribution in [0.15, 0.2) is 0 Å². The first-order chi connectivity index (χ1) is 31.0. The molecule has 0 aromatic rings. The van der Waals surface area contributed by atoms with Crippen LogP contribution in [0.25, 0.3) is 0 Å². The summed E-state index contributed by atoms with van der Waals surface area (Å²) in [5.41, 5.74) is 0. The minimum atomic E-state index is -0.733. The molecule has 65 heavy (non-hydrogen) atoms. The molecule has 0 N–H and O–H groups in total. The lowest BCUT2D eigenvalue weighted by atomic mass is 10.0. The van der Waals surface area contributed by atoms with Crippen LogP contribution in [-0.4, -0.2) is 101 Å². The van der Waals surface area contributed by atoms with Crippen LogP contribution in [0.3, 0.4) is 0 Å². The molecule has 0 saturated carbocycles. The van der Waals surface area contributed by atoms with Gasteiger partial charge in [0, 0.05) is 13.7 Å². The maximum Gasteiger partial charge on any atom is 0.164 e. The summed E-state index contributed by atoms with van der Waals surface area (Å²) in [6, 6.07) is 0. The van der Waals surface area contributed by atoms with E-state index in [1.807, 2.05) is 27.7 Å². The van der Waals surface area contributed by atoms with Crippen LogP contribution in [0.5, 0.6) is 0 Å². The molecule has 4 atom stereocenters. The standard InChI is InChI=1S/C56H112NO7.HI/c1-9-11-13-15-17-19-21-23-25-27-29-31-33-35-37-40-44-57(7,45-41-38-36-34-32-30-28-26-24-22-20-18-16-14-12-10-2)46-42-39-43-47-59-48-51-54(64-56(5,6)63-51)53(60-50-58-8)52-49-61-55(3,4)62-52;/h51-54H,9-50H2,1-8H3;1H/q+1;/p-1/t51-,52+,53-,54+;/m0./s1. The van der Waals surface area contributed by atoms with Gasteiger partial charge in [-0.3, -0.25) is 0 Å². The summed E-state index contributed by atoms with van der Waals surface area (Å²) in [5.74, 6) is -1.39. The maximum absolute atomic E-state index is 6.40. The molecule has 2 saturated heterocycles. The number of unbranched alkanes of at least 4 members (excludes halogenated alkanes) is 32. The van der Waals surface area contributed by atoms with Gasteiger partial charge in [-0.25, -0.2) is 0 Å². The molecule has 9 heteroatoms. The summed E-state index contributed by atoms with van der Waals surface area (Å²) in [7, 11) is 4.20. The van der Waals surface area contributed by atoms with Crippen LogP contribution in [0.1, 0.15) is 266 Å². The van der Waals surface area contributed by atoms with Crippen molar-refractivity contribution in [3.05, 3.63) is 0 Å². The second-order valence-corrected chi connectivity index (χ2v) is 21.6. The number of nitrogens with zero attached hydrogens (tertiary/aromatic N) is 1. The normalized spacial score (nSPS) is 19.8. The van der Waals surface area contributed by atoms with Gasteiger partial charge < -0.3 is 61.6 Å². The van der Waals surface area contributed by atoms with Crippen LogP contribution < -0.4 is 24.0 Å². The quantitative estimate of drug-likeness (QED) is 0.0260. The fourth-order valence-corrected chi connectivity index (χ4v) is 10.2.